The summed E-state index contributed by atoms with van der Waals surface area (Å²) in [6.45, 7) is 0.369. The van der Waals surface area contributed by atoms with Gasteiger partial charge in [-0.1, -0.05) is 41.9 Å². The zero-order valence-electron chi connectivity index (χ0n) is 16.0. The van der Waals surface area contributed by atoms with Gasteiger partial charge in [0.05, 0.1) is 30.3 Å². The van der Waals surface area contributed by atoms with E-state index < -0.39 is 0 Å². The van der Waals surface area contributed by atoms with Crippen molar-refractivity contribution in [1.82, 2.24) is 24.1 Å². The number of aromatic nitrogens is 5. The average molecular weight is 418 g/mol. The summed E-state index contributed by atoms with van der Waals surface area (Å²) in [6.07, 6.45) is 3.16. The van der Waals surface area contributed by atoms with E-state index in [0.29, 0.717) is 33.9 Å². The number of methoxy groups -OCH3 is 1. The minimum absolute atomic E-state index is 0.173. The van der Waals surface area contributed by atoms with Crippen LogP contribution in [0.5, 0.6) is 5.75 Å². The summed E-state index contributed by atoms with van der Waals surface area (Å²) in [7, 11) is 1.62. The molecule has 0 unspecified atom stereocenters. The highest BCUT2D eigenvalue weighted by atomic mass is 35.5. The molecule has 5 rings (SSSR count). The Morgan fingerprint density at radius 1 is 1.07 bits per heavy atom. The summed E-state index contributed by atoms with van der Waals surface area (Å²) in [6, 6.07) is 16.7. The number of nitrogens with zero attached hydrogens (tertiary/aromatic N) is 5. The van der Waals surface area contributed by atoms with Crippen LogP contribution in [0.25, 0.3) is 27.9 Å². The fraction of sp³-hybridized carbons (Fsp3) is 0.0909. The highest BCUT2D eigenvalue weighted by Crippen LogP contribution is 2.27. The predicted octanol–water partition coefficient (Wildman–Crippen LogP) is 3.82. The van der Waals surface area contributed by atoms with Crippen LogP contribution in [0.15, 0.2) is 71.9 Å². The van der Waals surface area contributed by atoms with Crippen LogP contribution in [0.3, 0.4) is 0 Å². The molecule has 8 heteroatoms. The van der Waals surface area contributed by atoms with Gasteiger partial charge in [0.1, 0.15) is 12.1 Å². The molecule has 148 valence electrons. The second-order valence-corrected chi connectivity index (χ2v) is 7.20. The lowest BCUT2D eigenvalue weighted by Gasteiger charge is -2.13. The van der Waals surface area contributed by atoms with E-state index in [-0.39, 0.29) is 5.56 Å². The molecule has 7 nitrogen and oxygen atoms in total. The number of benzene rings is 2. The van der Waals surface area contributed by atoms with Gasteiger partial charge in [0.25, 0.3) is 11.3 Å². The van der Waals surface area contributed by atoms with Crippen molar-refractivity contribution < 1.29 is 4.74 Å². The molecule has 0 radical (unpaired) electrons. The molecular weight excluding hydrogens is 402 g/mol. The molecule has 3 heterocycles. The molecule has 0 amide bonds. The molecule has 2 aromatic carbocycles. The van der Waals surface area contributed by atoms with E-state index in [1.54, 1.807) is 34.5 Å². The maximum Gasteiger partial charge on any atom is 0.262 e. The molecule has 0 N–H and O–H groups in total. The van der Waals surface area contributed by atoms with Crippen LogP contribution in [-0.4, -0.2) is 31.3 Å². The fourth-order valence-electron chi connectivity index (χ4n) is 3.58. The lowest BCUT2D eigenvalue weighted by molar-refractivity contribution is 0.408. The Kier molecular flexibility index (Phi) is 4.44. The van der Waals surface area contributed by atoms with Gasteiger partial charge in [0.2, 0.25) is 0 Å². The maximum atomic E-state index is 13.6. The van der Waals surface area contributed by atoms with Crippen LogP contribution in [0, 0.1) is 0 Å². The van der Waals surface area contributed by atoms with Crippen molar-refractivity contribution >= 4 is 28.3 Å². The number of halogens is 1. The van der Waals surface area contributed by atoms with Crippen molar-refractivity contribution in [3.05, 3.63) is 88.1 Å². The Morgan fingerprint density at radius 3 is 2.67 bits per heavy atom. The van der Waals surface area contributed by atoms with Gasteiger partial charge in [0, 0.05) is 22.3 Å². The molecule has 0 aliphatic heterocycles. The third-order valence-corrected chi connectivity index (χ3v) is 5.24. The zero-order valence-corrected chi connectivity index (χ0v) is 16.7. The second-order valence-electron chi connectivity index (χ2n) is 6.76. The first-order valence-corrected chi connectivity index (χ1v) is 9.64. The van der Waals surface area contributed by atoms with Gasteiger partial charge in [-0.15, -0.1) is 0 Å². The third-order valence-electron chi connectivity index (χ3n) is 4.99. The fourth-order valence-corrected chi connectivity index (χ4v) is 3.71. The SMILES string of the molecule is COc1ccccc1Cn1ccc2nc3ncnn3c(-c3ccc(Cl)cc3)c2c1=O. The average Bonchev–Trinajstić information content (AvgIpc) is 3.23. The Labute approximate surface area is 176 Å². The zero-order chi connectivity index (χ0) is 20.7. The van der Waals surface area contributed by atoms with Gasteiger partial charge in [-0.25, -0.2) is 4.98 Å². The first-order chi connectivity index (χ1) is 14.7. The Balaban J connectivity index is 1.78. The molecule has 0 bridgehead atoms. The monoisotopic (exact) mass is 417 g/mol. The Bertz CT molecular complexity index is 1440. The molecule has 3 aromatic heterocycles. The van der Waals surface area contributed by atoms with Crippen molar-refractivity contribution in [3.8, 4) is 17.0 Å². The van der Waals surface area contributed by atoms with E-state index in [1.165, 1.54) is 6.33 Å². The van der Waals surface area contributed by atoms with Crippen molar-refractivity contribution in [1.29, 1.82) is 0 Å². The molecule has 0 saturated heterocycles. The normalized spacial score (nSPS) is 11.3. The second kappa shape index (κ2) is 7.27. The molecule has 0 aliphatic rings. The number of pyridine rings is 1. The Hall–Kier alpha value is -3.71. The standard InChI is InChI=1S/C22H16ClN5O2/c1-30-18-5-3-2-4-15(18)12-27-11-10-17-19(21(27)29)20(14-6-8-16(23)9-7-14)28-22(26-17)24-13-25-28/h2-11,13H,12H2,1H3. The quantitative estimate of drug-likeness (QED) is 0.444. The highest BCUT2D eigenvalue weighted by Gasteiger charge is 2.17. The lowest BCUT2D eigenvalue weighted by atomic mass is 10.1. The smallest absolute Gasteiger partial charge is 0.262 e. The molecule has 0 atom stereocenters. The Morgan fingerprint density at radius 2 is 1.87 bits per heavy atom. The van der Waals surface area contributed by atoms with E-state index in [9.17, 15) is 4.79 Å². The first-order valence-electron chi connectivity index (χ1n) is 9.26. The van der Waals surface area contributed by atoms with Gasteiger partial charge in [-0.2, -0.15) is 14.6 Å². The number of rotatable bonds is 4. The topological polar surface area (TPSA) is 74.3 Å². The van der Waals surface area contributed by atoms with Crippen LogP contribution >= 0.6 is 11.6 Å². The largest absolute Gasteiger partial charge is 0.496 e. The predicted molar refractivity (Wildman–Crippen MR) is 115 cm³/mol. The van der Waals surface area contributed by atoms with Crippen LogP contribution in [-0.2, 0) is 6.54 Å². The van der Waals surface area contributed by atoms with Crippen molar-refractivity contribution in [2.75, 3.05) is 7.11 Å². The molecule has 0 aliphatic carbocycles. The lowest BCUT2D eigenvalue weighted by Crippen LogP contribution is -2.22. The van der Waals surface area contributed by atoms with Crippen molar-refractivity contribution in [2.45, 2.75) is 6.54 Å². The molecule has 30 heavy (non-hydrogen) atoms. The molecule has 0 saturated carbocycles. The molecule has 0 fully saturated rings. The summed E-state index contributed by atoms with van der Waals surface area (Å²) >= 11 is 6.07. The number of ether oxygens (including phenoxy) is 1. The summed E-state index contributed by atoms with van der Waals surface area (Å²) < 4.78 is 8.66. The molecule has 5 aromatic rings. The van der Waals surface area contributed by atoms with Crippen molar-refractivity contribution in [3.63, 3.8) is 0 Å². The van der Waals surface area contributed by atoms with Crippen LogP contribution in [0.2, 0.25) is 5.02 Å². The minimum atomic E-state index is -0.173. The number of fused-ring (bicyclic) bond motifs is 2. The first kappa shape index (κ1) is 18.3. The summed E-state index contributed by atoms with van der Waals surface area (Å²) in [5, 5.41) is 5.37. The van der Waals surface area contributed by atoms with Gasteiger partial charge in [-0.05, 0) is 24.3 Å². The summed E-state index contributed by atoms with van der Waals surface area (Å²) in [5.74, 6) is 1.15. The van der Waals surface area contributed by atoms with Crippen LogP contribution in [0.4, 0.5) is 0 Å². The van der Waals surface area contributed by atoms with E-state index in [4.69, 9.17) is 16.3 Å². The van der Waals surface area contributed by atoms with E-state index in [1.807, 2.05) is 42.5 Å². The number of para-hydroxylation sites is 1. The minimum Gasteiger partial charge on any atom is -0.496 e. The third kappa shape index (κ3) is 3.00. The van der Waals surface area contributed by atoms with E-state index in [2.05, 4.69) is 15.1 Å². The summed E-state index contributed by atoms with van der Waals surface area (Å²) in [4.78, 5) is 22.3. The van der Waals surface area contributed by atoms with E-state index >= 15 is 0 Å². The van der Waals surface area contributed by atoms with Gasteiger partial charge >= 0.3 is 0 Å². The van der Waals surface area contributed by atoms with Crippen molar-refractivity contribution in [2.24, 2.45) is 0 Å². The maximum absolute atomic E-state index is 13.6. The number of hydrogen-bond donors (Lipinski definition) is 0. The van der Waals surface area contributed by atoms with Crippen LogP contribution in [0.1, 0.15) is 5.56 Å². The van der Waals surface area contributed by atoms with Gasteiger partial charge in [0.15, 0.2) is 0 Å². The number of hydrogen-bond acceptors (Lipinski definition) is 5. The summed E-state index contributed by atoms with van der Waals surface area (Å²) in [5.41, 5.74) is 2.72. The van der Waals surface area contributed by atoms with Crippen LogP contribution < -0.4 is 10.3 Å². The molecular formula is C22H16ClN5O2. The van der Waals surface area contributed by atoms with Gasteiger partial charge in [-0.3, -0.25) is 4.79 Å². The highest BCUT2D eigenvalue weighted by molar-refractivity contribution is 6.30. The molecule has 0 spiro atoms. The van der Waals surface area contributed by atoms with Gasteiger partial charge < -0.3 is 9.30 Å². The van der Waals surface area contributed by atoms with E-state index in [0.717, 1.165) is 16.9 Å².